The average molecular weight is 391 g/mol. The highest BCUT2D eigenvalue weighted by Gasteiger charge is 2.25. The van der Waals surface area contributed by atoms with E-state index in [-0.39, 0.29) is 17.4 Å². The number of rotatable bonds is 6. The molecule has 28 heavy (non-hydrogen) atoms. The van der Waals surface area contributed by atoms with E-state index in [1.54, 1.807) is 0 Å². The molecular weight excluding hydrogens is 352 g/mol. The Morgan fingerprint density at radius 2 is 1.54 bits per heavy atom. The Balaban J connectivity index is 1.83. The van der Waals surface area contributed by atoms with E-state index in [1.165, 1.54) is 15.4 Å². The van der Waals surface area contributed by atoms with Crippen LogP contribution in [0.5, 0.6) is 0 Å². The molecule has 0 spiro atoms. The third kappa shape index (κ3) is 7.60. The molecule has 156 valence electrons. The number of hydrogen-bond donors (Lipinski definition) is 4. The minimum absolute atomic E-state index is 0.0667. The van der Waals surface area contributed by atoms with Crippen LogP contribution in [0.25, 0.3) is 0 Å². The van der Waals surface area contributed by atoms with Crippen LogP contribution in [0.3, 0.4) is 0 Å². The van der Waals surface area contributed by atoms with Gasteiger partial charge in [-0.05, 0) is 38.3 Å². The van der Waals surface area contributed by atoms with Gasteiger partial charge in [0.1, 0.15) is 13.1 Å². The minimum atomic E-state index is -0.190. The Morgan fingerprint density at radius 3 is 2.11 bits per heavy atom. The number of anilines is 1. The fourth-order valence-corrected chi connectivity index (χ4v) is 3.77. The van der Waals surface area contributed by atoms with Crippen LogP contribution in [-0.2, 0) is 9.59 Å². The molecule has 1 saturated heterocycles. The minimum Gasteiger partial charge on any atom is -0.347 e. The fourth-order valence-electron chi connectivity index (χ4n) is 3.77. The van der Waals surface area contributed by atoms with Crippen molar-refractivity contribution >= 4 is 17.5 Å². The summed E-state index contributed by atoms with van der Waals surface area (Å²) in [6.07, 6.45) is 1.03. The van der Waals surface area contributed by atoms with Crippen molar-refractivity contribution in [3.63, 3.8) is 0 Å². The molecule has 0 bridgehead atoms. The number of nitrogens with one attached hydrogen (secondary N) is 4. The summed E-state index contributed by atoms with van der Waals surface area (Å²) in [5.41, 5.74) is 1.90. The Labute approximate surface area is 169 Å². The smallest absolute Gasteiger partial charge is 0.279 e. The number of carbonyl (C=O) groups excluding carboxylic acids is 2. The van der Waals surface area contributed by atoms with Gasteiger partial charge in [0.15, 0.2) is 13.1 Å². The molecular formula is C22H38N4O2+2. The lowest BCUT2D eigenvalue weighted by Crippen LogP contribution is -3.18. The van der Waals surface area contributed by atoms with Gasteiger partial charge >= 0.3 is 0 Å². The molecule has 1 aliphatic heterocycles. The summed E-state index contributed by atoms with van der Waals surface area (Å²) in [5, 5.41) is 6.14. The summed E-state index contributed by atoms with van der Waals surface area (Å²) < 4.78 is 0. The van der Waals surface area contributed by atoms with Crippen LogP contribution in [0.15, 0.2) is 24.3 Å². The van der Waals surface area contributed by atoms with Crippen molar-refractivity contribution in [2.24, 2.45) is 0 Å². The molecule has 6 heteroatoms. The van der Waals surface area contributed by atoms with E-state index in [2.05, 4.69) is 30.5 Å². The quantitative estimate of drug-likeness (QED) is 0.545. The van der Waals surface area contributed by atoms with E-state index in [0.29, 0.717) is 19.0 Å². The molecule has 4 N–H and O–H groups in total. The van der Waals surface area contributed by atoms with Crippen molar-refractivity contribution in [2.45, 2.75) is 52.5 Å². The molecule has 2 unspecified atom stereocenters. The SMILES string of the molecule is CC(C)c1ccccc1NC(=O)C[NH+]1CCC[NH+](CC(=O)NC(C)(C)C)CC1. The largest absolute Gasteiger partial charge is 0.347 e. The molecule has 0 radical (unpaired) electrons. The van der Waals surface area contributed by atoms with Gasteiger partial charge in [-0.25, -0.2) is 0 Å². The van der Waals surface area contributed by atoms with Crippen LogP contribution < -0.4 is 20.4 Å². The van der Waals surface area contributed by atoms with Gasteiger partial charge in [0.05, 0.1) is 13.1 Å². The van der Waals surface area contributed by atoms with E-state index in [9.17, 15) is 9.59 Å². The van der Waals surface area contributed by atoms with E-state index in [1.807, 2.05) is 39.0 Å². The first kappa shape index (κ1) is 22.4. The molecule has 1 aliphatic rings. The van der Waals surface area contributed by atoms with E-state index < -0.39 is 0 Å². The monoisotopic (exact) mass is 390 g/mol. The Kier molecular flexibility index (Phi) is 8.01. The molecule has 1 heterocycles. The fraction of sp³-hybridized carbons (Fsp3) is 0.636. The van der Waals surface area contributed by atoms with Gasteiger partial charge in [-0.1, -0.05) is 32.0 Å². The van der Waals surface area contributed by atoms with Crippen molar-refractivity contribution < 1.29 is 19.4 Å². The Bertz CT molecular complexity index is 667. The number of para-hydroxylation sites is 1. The predicted octanol–water partition coefficient (Wildman–Crippen LogP) is -0.163. The topological polar surface area (TPSA) is 67.1 Å². The lowest BCUT2D eigenvalue weighted by Gasteiger charge is -2.22. The molecule has 0 aliphatic carbocycles. The van der Waals surface area contributed by atoms with Crippen LogP contribution in [0.2, 0.25) is 0 Å². The number of carbonyl (C=O) groups is 2. The highest BCUT2D eigenvalue weighted by Crippen LogP contribution is 2.23. The number of hydrogen-bond acceptors (Lipinski definition) is 2. The molecule has 0 aromatic heterocycles. The lowest BCUT2D eigenvalue weighted by atomic mass is 10.0. The van der Waals surface area contributed by atoms with Crippen molar-refractivity contribution in [1.29, 1.82) is 0 Å². The van der Waals surface area contributed by atoms with Crippen LogP contribution >= 0.6 is 0 Å². The van der Waals surface area contributed by atoms with Crippen molar-refractivity contribution in [2.75, 3.05) is 44.6 Å². The Hall–Kier alpha value is -1.92. The zero-order chi connectivity index (χ0) is 20.7. The van der Waals surface area contributed by atoms with E-state index in [0.717, 1.165) is 38.3 Å². The normalized spacial score (nSPS) is 20.5. The summed E-state index contributed by atoms with van der Waals surface area (Å²) >= 11 is 0. The molecule has 1 fully saturated rings. The maximum Gasteiger partial charge on any atom is 0.279 e. The second kappa shape index (κ2) is 10.0. The van der Waals surface area contributed by atoms with Crippen molar-refractivity contribution in [1.82, 2.24) is 5.32 Å². The summed E-state index contributed by atoms with van der Waals surface area (Å²) in [7, 11) is 0. The van der Waals surface area contributed by atoms with Crippen LogP contribution in [0.1, 0.15) is 52.5 Å². The second-order valence-corrected chi connectivity index (χ2v) is 9.30. The summed E-state index contributed by atoms with van der Waals surface area (Å²) in [6, 6.07) is 8.02. The molecule has 2 amide bonds. The summed E-state index contributed by atoms with van der Waals surface area (Å²) in [6.45, 7) is 15.1. The number of benzene rings is 1. The van der Waals surface area contributed by atoms with Gasteiger partial charge in [0.25, 0.3) is 11.8 Å². The third-order valence-corrected chi connectivity index (χ3v) is 5.09. The summed E-state index contributed by atoms with van der Waals surface area (Å²) in [5.74, 6) is 0.546. The standard InChI is InChI=1S/C22H36N4O2/c1-17(2)18-9-6-7-10-19(18)23-20(27)15-25-11-8-12-26(14-13-25)16-21(28)24-22(3,4)5/h6-7,9-10,17H,8,11-16H2,1-5H3,(H,23,27)(H,24,28)/p+2. The van der Waals surface area contributed by atoms with Gasteiger partial charge < -0.3 is 20.4 Å². The Morgan fingerprint density at radius 1 is 0.964 bits per heavy atom. The first-order chi connectivity index (χ1) is 13.1. The van der Waals surface area contributed by atoms with E-state index >= 15 is 0 Å². The zero-order valence-corrected chi connectivity index (χ0v) is 18.2. The molecule has 1 aromatic carbocycles. The highest BCUT2D eigenvalue weighted by molar-refractivity contribution is 5.92. The molecule has 0 saturated carbocycles. The maximum absolute atomic E-state index is 12.6. The molecule has 1 aromatic rings. The van der Waals surface area contributed by atoms with Gasteiger partial charge in [0, 0.05) is 17.6 Å². The number of amides is 2. The summed E-state index contributed by atoms with van der Waals surface area (Å²) in [4.78, 5) is 27.4. The highest BCUT2D eigenvalue weighted by atomic mass is 16.2. The van der Waals surface area contributed by atoms with E-state index in [4.69, 9.17) is 0 Å². The van der Waals surface area contributed by atoms with Gasteiger partial charge in [-0.3, -0.25) is 9.59 Å². The first-order valence-electron chi connectivity index (χ1n) is 10.5. The lowest BCUT2D eigenvalue weighted by molar-refractivity contribution is -0.930. The molecule has 2 rings (SSSR count). The maximum atomic E-state index is 12.6. The average Bonchev–Trinajstić information content (AvgIpc) is 2.78. The molecule has 6 nitrogen and oxygen atoms in total. The predicted molar refractivity (Wildman–Crippen MR) is 113 cm³/mol. The first-order valence-corrected chi connectivity index (χ1v) is 10.5. The van der Waals surface area contributed by atoms with Gasteiger partial charge in [0.2, 0.25) is 0 Å². The van der Waals surface area contributed by atoms with Crippen molar-refractivity contribution in [3.8, 4) is 0 Å². The van der Waals surface area contributed by atoms with Crippen molar-refractivity contribution in [3.05, 3.63) is 29.8 Å². The van der Waals surface area contributed by atoms with Crippen LogP contribution in [0, 0.1) is 0 Å². The third-order valence-electron chi connectivity index (χ3n) is 5.09. The number of quaternary nitrogens is 2. The second-order valence-electron chi connectivity index (χ2n) is 9.30. The van der Waals surface area contributed by atoms with Gasteiger partial charge in [-0.2, -0.15) is 0 Å². The van der Waals surface area contributed by atoms with Crippen LogP contribution in [0.4, 0.5) is 5.69 Å². The van der Waals surface area contributed by atoms with Crippen LogP contribution in [-0.4, -0.2) is 56.6 Å². The molecule has 2 atom stereocenters. The zero-order valence-electron chi connectivity index (χ0n) is 18.2. The van der Waals surface area contributed by atoms with Gasteiger partial charge in [-0.15, -0.1) is 0 Å².